The third kappa shape index (κ3) is 9.33. The molecule has 0 aromatic heterocycles. The number of amides is 1. The summed E-state index contributed by atoms with van der Waals surface area (Å²) in [6, 6.07) is 19.7. The molecule has 1 fully saturated rings. The number of hydrogen-bond donors (Lipinski definition) is 3. The fraction of sp³-hybridized carbons (Fsp3) is 0.462. The van der Waals surface area contributed by atoms with Crippen molar-refractivity contribution in [3.63, 3.8) is 0 Å². The first-order chi connectivity index (χ1) is 15.5. The molecule has 1 amide bonds. The minimum absolute atomic E-state index is 0. The molecule has 1 aliphatic rings. The largest absolute Gasteiger partial charge is 0.357 e. The number of nitrogens with zero attached hydrogens (tertiary/aromatic N) is 2. The van der Waals surface area contributed by atoms with Gasteiger partial charge in [-0.3, -0.25) is 14.7 Å². The molecule has 180 valence electrons. The highest BCUT2D eigenvalue weighted by Gasteiger charge is 2.25. The Hall–Kier alpha value is -2.13. The lowest BCUT2D eigenvalue weighted by atomic mass is 9.97. The lowest BCUT2D eigenvalue weighted by Crippen LogP contribution is -2.51. The van der Waals surface area contributed by atoms with E-state index >= 15 is 0 Å². The molecule has 0 aliphatic carbocycles. The molecule has 1 aliphatic heterocycles. The Balaban J connectivity index is 0.00000385. The van der Waals surface area contributed by atoms with E-state index in [2.05, 4.69) is 65.0 Å². The van der Waals surface area contributed by atoms with Crippen LogP contribution >= 0.6 is 24.0 Å². The first kappa shape index (κ1) is 27.1. The highest BCUT2D eigenvalue weighted by Crippen LogP contribution is 2.20. The van der Waals surface area contributed by atoms with Crippen molar-refractivity contribution < 1.29 is 4.79 Å². The average molecular weight is 564 g/mol. The number of likely N-dealkylation sites (tertiary alicyclic amines) is 1. The van der Waals surface area contributed by atoms with E-state index in [1.54, 1.807) is 0 Å². The summed E-state index contributed by atoms with van der Waals surface area (Å²) >= 11 is 0. The number of carbonyl (C=O) groups excluding carboxylic acids is 1. The van der Waals surface area contributed by atoms with E-state index in [4.69, 9.17) is 4.99 Å². The number of carbonyl (C=O) groups is 1. The molecule has 0 spiro atoms. The molecule has 3 N–H and O–H groups in total. The molecule has 1 heterocycles. The molecule has 0 bridgehead atoms. The van der Waals surface area contributed by atoms with Gasteiger partial charge < -0.3 is 16.0 Å². The van der Waals surface area contributed by atoms with Crippen molar-refractivity contribution >= 4 is 41.5 Å². The van der Waals surface area contributed by atoms with Crippen LogP contribution in [0.2, 0.25) is 0 Å². The van der Waals surface area contributed by atoms with Crippen LogP contribution in [0.4, 0.5) is 5.69 Å². The molecule has 7 heteroatoms. The van der Waals surface area contributed by atoms with Gasteiger partial charge in [-0.1, -0.05) is 42.5 Å². The number of nitrogens with one attached hydrogen (secondary N) is 3. The Morgan fingerprint density at radius 2 is 1.82 bits per heavy atom. The second-order valence-corrected chi connectivity index (χ2v) is 8.56. The average Bonchev–Trinajstić information content (AvgIpc) is 2.77. The van der Waals surface area contributed by atoms with Gasteiger partial charge in [0.2, 0.25) is 5.91 Å². The summed E-state index contributed by atoms with van der Waals surface area (Å²) in [5, 5.41) is 9.84. The standard InChI is InChI=1S/C26H37N5O.HI/c1-4-27-26(28-16-14-22-10-12-24(13-11-22)29-21(3)32)30-25-15-17-31(20(2)18-25)19-23-8-6-5-7-9-23;/h5-13,20,25H,4,14-19H2,1-3H3,(H,29,32)(H2,27,28,30);1H. The SMILES string of the molecule is CCNC(=NCCc1ccc(NC(C)=O)cc1)NC1CCN(Cc2ccccc2)C(C)C1.I. The van der Waals surface area contributed by atoms with E-state index in [-0.39, 0.29) is 29.9 Å². The molecular formula is C26H38IN5O. The van der Waals surface area contributed by atoms with Crippen molar-refractivity contribution in [1.29, 1.82) is 0 Å². The Morgan fingerprint density at radius 3 is 2.45 bits per heavy atom. The van der Waals surface area contributed by atoms with Crippen molar-refractivity contribution in [2.75, 3.05) is 25.0 Å². The summed E-state index contributed by atoms with van der Waals surface area (Å²) < 4.78 is 0. The van der Waals surface area contributed by atoms with Crippen molar-refractivity contribution in [2.24, 2.45) is 4.99 Å². The summed E-state index contributed by atoms with van der Waals surface area (Å²) in [5.74, 6) is 0.847. The quantitative estimate of drug-likeness (QED) is 0.253. The first-order valence-corrected chi connectivity index (χ1v) is 11.7. The monoisotopic (exact) mass is 563 g/mol. The molecule has 3 rings (SSSR count). The number of anilines is 1. The van der Waals surface area contributed by atoms with Gasteiger partial charge in [-0.15, -0.1) is 24.0 Å². The van der Waals surface area contributed by atoms with Crippen LogP contribution in [0.1, 0.15) is 44.7 Å². The van der Waals surface area contributed by atoms with E-state index in [1.165, 1.54) is 18.1 Å². The number of guanidine groups is 1. The Bertz CT molecular complexity index is 872. The van der Waals surface area contributed by atoms with Gasteiger partial charge >= 0.3 is 0 Å². The van der Waals surface area contributed by atoms with E-state index in [0.29, 0.717) is 12.1 Å². The van der Waals surface area contributed by atoms with Gasteiger partial charge in [0.15, 0.2) is 5.96 Å². The van der Waals surface area contributed by atoms with Crippen LogP contribution < -0.4 is 16.0 Å². The molecule has 1 saturated heterocycles. The third-order valence-corrected chi connectivity index (χ3v) is 5.87. The van der Waals surface area contributed by atoms with E-state index in [0.717, 1.165) is 57.1 Å². The molecule has 6 nitrogen and oxygen atoms in total. The molecule has 2 aromatic carbocycles. The fourth-order valence-corrected chi connectivity index (χ4v) is 4.17. The Morgan fingerprint density at radius 1 is 1.09 bits per heavy atom. The predicted octanol–water partition coefficient (Wildman–Crippen LogP) is 4.41. The second-order valence-electron chi connectivity index (χ2n) is 8.56. The van der Waals surface area contributed by atoms with Gasteiger partial charge in [0.1, 0.15) is 0 Å². The summed E-state index contributed by atoms with van der Waals surface area (Å²) in [6.45, 7) is 9.62. The highest BCUT2D eigenvalue weighted by molar-refractivity contribution is 14.0. The smallest absolute Gasteiger partial charge is 0.221 e. The summed E-state index contributed by atoms with van der Waals surface area (Å²) in [5.41, 5.74) is 3.42. The lowest BCUT2D eigenvalue weighted by Gasteiger charge is -2.38. The molecule has 2 aromatic rings. The van der Waals surface area contributed by atoms with Crippen LogP contribution in [0.3, 0.4) is 0 Å². The van der Waals surface area contributed by atoms with Crippen molar-refractivity contribution in [1.82, 2.24) is 15.5 Å². The number of halogens is 1. The lowest BCUT2D eigenvalue weighted by molar-refractivity contribution is -0.114. The minimum Gasteiger partial charge on any atom is -0.357 e. The number of piperidine rings is 1. The van der Waals surface area contributed by atoms with Gasteiger partial charge in [0, 0.05) is 50.9 Å². The number of benzene rings is 2. The van der Waals surface area contributed by atoms with Crippen molar-refractivity contribution in [3.8, 4) is 0 Å². The predicted molar refractivity (Wildman–Crippen MR) is 148 cm³/mol. The van der Waals surface area contributed by atoms with Crippen molar-refractivity contribution in [3.05, 3.63) is 65.7 Å². The number of aliphatic imine (C=N–C) groups is 1. The van der Waals surface area contributed by atoms with Gasteiger partial charge in [-0.25, -0.2) is 0 Å². The molecule has 33 heavy (non-hydrogen) atoms. The zero-order chi connectivity index (χ0) is 22.8. The fourth-order valence-electron chi connectivity index (χ4n) is 4.17. The minimum atomic E-state index is -0.0519. The molecule has 2 unspecified atom stereocenters. The van der Waals surface area contributed by atoms with Crippen LogP contribution in [0.5, 0.6) is 0 Å². The summed E-state index contributed by atoms with van der Waals surface area (Å²) in [7, 11) is 0. The van der Waals surface area contributed by atoms with Crippen LogP contribution in [0, 0.1) is 0 Å². The summed E-state index contributed by atoms with van der Waals surface area (Å²) in [6.07, 6.45) is 3.09. The van der Waals surface area contributed by atoms with Gasteiger partial charge in [-0.05, 0) is 56.4 Å². The number of hydrogen-bond acceptors (Lipinski definition) is 3. The first-order valence-electron chi connectivity index (χ1n) is 11.7. The summed E-state index contributed by atoms with van der Waals surface area (Å²) in [4.78, 5) is 18.5. The zero-order valence-electron chi connectivity index (χ0n) is 20.0. The molecule has 2 atom stereocenters. The van der Waals surface area contributed by atoms with Crippen molar-refractivity contribution in [2.45, 2.75) is 58.7 Å². The highest BCUT2D eigenvalue weighted by atomic mass is 127. The van der Waals surface area contributed by atoms with Crippen LogP contribution in [0.25, 0.3) is 0 Å². The Labute approximate surface area is 215 Å². The molecule has 0 radical (unpaired) electrons. The van der Waals surface area contributed by atoms with Gasteiger partial charge in [0.05, 0.1) is 0 Å². The van der Waals surface area contributed by atoms with Gasteiger partial charge in [-0.2, -0.15) is 0 Å². The van der Waals surface area contributed by atoms with Crippen LogP contribution in [-0.2, 0) is 17.8 Å². The zero-order valence-corrected chi connectivity index (χ0v) is 22.3. The number of rotatable bonds is 8. The van der Waals surface area contributed by atoms with E-state index in [9.17, 15) is 4.79 Å². The second kappa shape index (κ2) is 14.2. The van der Waals surface area contributed by atoms with Crippen LogP contribution in [0.15, 0.2) is 59.6 Å². The van der Waals surface area contributed by atoms with E-state index in [1.807, 2.05) is 24.3 Å². The maximum atomic E-state index is 11.1. The van der Waals surface area contributed by atoms with Gasteiger partial charge in [0.25, 0.3) is 0 Å². The molecular weight excluding hydrogens is 525 g/mol. The normalized spacial score (nSPS) is 18.8. The maximum Gasteiger partial charge on any atom is 0.221 e. The van der Waals surface area contributed by atoms with Crippen LogP contribution in [-0.4, -0.2) is 48.5 Å². The maximum absolute atomic E-state index is 11.1. The Kier molecular flexibility index (Phi) is 11.7. The topological polar surface area (TPSA) is 68.8 Å². The molecule has 0 saturated carbocycles. The van der Waals surface area contributed by atoms with E-state index < -0.39 is 0 Å². The third-order valence-electron chi connectivity index (χ3n) is 5.87.